The molecule has 1 spiro atoms. The second-order valence-corrected chi connectivity index (χ2v) is 10.7. The monoisotopic (exact) mass is 459 g/mol. The van der Waals surface area contributed by atoms with Gasteiger partial charge < -0.3 is 15.1 Å². The molecule has 4 nitrogen and oxygen atoms in total. The molecular formula is C27H42ClN3O. The fourth-order valence-corrected chi connectivity index (χ4v) is 6.39. The van der Waals surface area contributed by atoms with Gasteiger partial charge in [0.1, 0.15) is 11.7 Å². The lowest BCUT2D eigenvalue weighted by atomic mass is 9.84. The fourth-order valence-electron chi connectivity index (χ4n) is 6.27. The summed E-state index contributed by atoms with van der Waals surface area (Å²) in [6.45, 7) is 4.28. The van der Waals surface area contributed by atoms with Gasteiger partial charge in [-0.25, -0.2) is 0 Å². The molecule has 2 heterocycles. The number of nitrogens with one attached hydrogen (secondary N) is 1. The van der Waals surface area contributed by atoms with Crippen molar-refractivity contribution in [1.82, 2.24) is 10.2 Å². The van der Waals surface area contributed by atoms with Gasteiger partial charge in [-0.2, -0.15) is 0 Å². The van der Waals surface area contributed by atoms with Gasteiger partial charge in [0.2, 0.25) is 5.91 Å². The minimum absolute atomic E-state index is 0.0869. The van der Waals surface area contributed by atoms with Crippen LogP contribution in [-0.2, 0) is 4.79 Å². The molecule has 1 aromatic rings. The van der Waals surface area contributed by atoms with Crippen molar-refractivity contribution in [3.05, 3.63) is 29.3 Å². The molecule has 1 saturated carbocycles. The Kier molecular flexibility index (Phi) is 8.39. The summed E-state index contributed by atoms with van der Waals surface area (Å²) in [6, 6.07) is 8.81. The van der Waals surface area contributed by atoms with Gasteiger partial charge in [0.05, 0.1) is 0 Å². The van der Waals surface area contributed by atoms with Crippen molar-refractivity contribution >= 4 is 23.2 Å². The molecule has 1 N–H and O–H groups in total. The number of halogens is 1. The fraction of sp³-hybridized carbons (Fsp3) is 0.741. The third-order valence-electron chi connectivity index (χ3n) is 8.15. The molecule has 3 aliphatic rings. The highest BCUT2D eigenvalue weighted by Gasteiger charge is 2.54. The van der Waals surface area contributed by atoms with Gasteiger partial charge in [0.15, 0.2) is 0 Å². The van der Waals surface area contributed by atoms with Gasteiger partial charge in [0.25, 0.3) is 0 Å². The van der Waals surface area contributed by atoms with E-state index < -0.39 is 5.54 Å². The first-order chi connectivity index (χ1) is 15.6. The van der Waals surface area contributed by atoms with E-state index in [1.165, 1.54) is 57.8 Å². The highest BCUT2D eigenvalue weighted by molar-refractivity contribution is 6.30. The van der Waals surface area contributed by atoms with Gasteiger partial charge in [-0.15, -0.1) is 0 Å². The van der Waals surface area contributed by atoms with Crippen molar-refractivity contribution in [3.8, 4) is 0 Å². The molecule has 0 unspecified atom stereocenters. The van der Waals surface area contributed by atoms with Crippen LogP contribution in [0.4, 0.5) is 5.69 Å². The van der Waals surface area contributed by atoms with Gasteiger partial charge in [-0.1, -0.05) is 69.9 Å². The number of nitrogens with zero attached hydrogens (tertiary/aromatic N) is 2. The number of unbranched alkanes of at least 4 members (excludes halogenated alkanes) is 1. The molecule has 2 aliphatic heterocycles. The number of anilines is 1. The molecule has 1 aliphatic carbocycles. The predicted molar refractivity (Wildman–Crippen MR) is 134 cm³/mol. The van der Waals surface area contributed by atoms with Crippen LogP contribution in [0.2, 0.25) is 5.02 Å². The van der Waals surface area contributed by atoms with Crippen LogP contribution >= 0.6 is 11.6 Å². The highest BCUT2D eigenvalue weighted by atomic mass is 35.5. The first-order valence-electron chi connectivity index (χ1n) is 13.2. The number of amides is 1. The second-order valence-electron chi connectivity index (χ2n) is 10.3. The molecule has 0 aromatic heterocycles. The van der Waals surface area contributed by atoms with Crippen LogP contribution in [0.25, 0.3) is 0 Å². The van der Waals surface area contributed by atoms with Crippen LogP contribution in [0.1, 0.15) is 96.8 Å². The van der Waals surface area contributed by atoms with Crippen LogP contribution in [0.3, 0.4) is 0 Å². The first-order valence-corrected chi connectivity index (χ1v) is 13.6. The van der Waals surface area contributed by atoms with Crippen LogP contribution in [0, 0.1) is 0 Å². The van der Waals surface area contributed by atoms with E-state index in [9.17, 15) is 4.79 Å². The quantitative estimate of drug-likeness (QED) is 0.544. The van der Waals surface area contributed by atoms with Gasteiger partial charge in [0, 0.05) is 29.8 Å². The Bertz CT molecular complexity index is 719. The summed E-state index contributed by atoms with van der Waals surface area (Å²) < 4.78 is 0. The zero-order chi connectivity index (χ0) is 22.4. The van der Waals surface area contributed by atoms with Crippen molar-refractivity contribution in [2.75, 3.05) is 18.0 Å². The third-order valence-corrected chi connectivity index (χ3v) is 8.40. The molecule has 32 heavy (non-hydrogen) atoms. The number of hydrogen-bond donors (Lipinski definition) is 1. The van der Waals surface area contributed by atoms with Crippen LogP contribution in [0.15, 0.2) is 24.3 Å². The molecule has 3 fully saturated rings. The number of piperidine rings is 1. The van der Waals surface area contributed by atoms with Crippen molar-refractivity contribution in [2.45, 2.75) is 115 Å². The molecule has 0 radical (unpaired) electrons. The maximum atomic E-state index is 13.4. The summed E-state index contributed by atoms with van der Waals surface area (Å²) >= 11 is 6.19. The van der Waals surface area contributed by atoms with Crippen LogP contribution < -0.4 is 10.2 Å². The minimum Gasteiger partial charge on any atom is -0.336 e. The maximum Gasteiger partial charge on any atom is 0.247 e. The SMILES string of the molecule is CCCC[C@H]1NC(=O)C2(CCN(C3CCCCCCCCC3)CC2)N1c1ccc(Cl)cc1. The van der Waals surface area contributed by atoms with Crippen LogP contribution in [-0.4, -0.2) is 41.6 Å². The lowest BCUT2D eigenvalue weighted by molar-refractivity contribution is -0.125. The van der Waals surface area contributed by atoms with E-state index in [4.69, 9.17) is 11.6 Å². The molecule has 178 valence electrons. The largest absolute Gasteiger partial charge is 0.336 e. The summed E-state index contributed by atoms with van der Waals surface area (Å²) in [5.74, 6) is 0.235. The lowest BCUT2D eigenvalue weighted by Gasteiger charge is -2.47. The summed E-state index contributed by atoms with van der Waals surface area (Å²) in [5, 5.41) is 4.12. The van der Waals surface area contributed by atoms with E-state index in [1.54, 1.807) is 0 Å². The van der Waals surface area contributed by atoms with E-state index in [0.29, 0.717) is 6.04 Å². The third kappa shape index (κ3) is 5.28. The molecule has 5 heteroatoms. The van der Waals surface area contributed by atoms with Crippen molar-refractivity contribution in [3.63, 3.8) is 0 Å². The zero-order valence-electron chi connectivity index (χ0n) is 20.0. The Balaban J connectivity index is 1.49. The average molecular weight is 460 g/mol. The molecule has 0 bridgehead atoms. The van der Waals surface area contributed by atoms with Crippen LogP contribution in [0.5, 0.6) is 0 Å². The normalized spacial score (nSPS) is 25.8. The molecule has 1 amide bonds. The van der Waals surface area contributed by atoms with Crippen molar-refractivity contribution < 1.29 is 4.79 Å². The summed E-state index contributed by atoms with van der Waals surface area (Å²) in [6.07, 6.45) is 17.6. The Morgan fingerprint density at radius 1 is 0.969 bits per heavy atom. The number of carbonyl (C=O) groups excluding carboxylic acids is 1. The summed E-state index contributed by atoms with van der Waals surface area (Å²) in [7, 11) is 0. The smallest absolute Gasteiger partial charge is 0.247 e. The maximum absolute atomic E-state index is 13.4. The average Bonchev–Trinajstić information content (AvgIpc) is 3.08. The van der Waals surface area contributed by atoms with Crippen molar-refractivity contribution in [1.29, 1.82) is 0 Å². The van der Waals surface area contributed by atoms with Crippen molar-refractivity contribution in [2.24, 2.45) is 0 Å². The molecular weight excluding hydrogens is 418 g/mol. The Morgan fingerprint density at radius 2 is 1.56 bits per heavy atom. The molecule has 1 aromatic carbocycles. The summed E-state index contributed by atoms with van der Waals surface area (Å²) in [4.78, 5) is 18.6. The van der Waals surface area contributed by atoms with E-state index in [1.807, 2.05) is 12.1 Å². The Hall–Kier alpha value is -1.26. The minimum atomic E-state index is -0.418. The molecule has 1 atom stereocenters. The highest BCUT2D eigenvalue weighted by Crippen LogP contribution is 2.41. The van der Waals surface area contributed by atoms with E-state index in [2.05, 4.69) is 34.2 Å². The summed E-state index contributed by atoms with van der Waals surface area (Å²) in [5.41, 5.74) is 0.708. The standard InChI is InChI=1S/C27H42ClN3O/c1-2-3-13-25-29-26(32)27(31(25)24-16-14-22(28)15-17-24)18-20-30(21-19-27)23-11-9-7-5-4-6-8-10-12-23/h14-17,23,25H,2-13,18-21H2,1H3,(H,29,32)/t25-/m0/s1. The lowest BCUT2D eigenvalue weighted by Crippen LogP contribution is -2.58. The Labute approximate surface area is 200 Å². The number of hydrogen-bond acceptors (Lipinski definition) is 3. The van der Waals surface area contributed by atoms with Gasteiger partial charge >= 0.3 is 0 Å². The Morgan fingerprint density at radius 3 is 2.16 bits per heavy atom. The number of benzene rings is 1. The molecule has 4 rings (SSSR count). The van der Waals surface area contributed by atoms with Gasteiger partial charge in [-0.3, -0.25) is 4.79 Å². The second kappa shape index (κ2) is 11.2. The molecule has 2 saturated heterocycles. The predicted octanol–water partition coefficient (Wildman–Crippen LogP) is 6.52. The number of carbonyl (C=O) groups is 1. The van der Waals surface area contributed by atoms with E-state index >= 15 is 0 Å². The van der Waals surface area contributed by atoms with Gasteiger partial charge in [-0.05, 0) is 62.8 Å². The number of likely N-dealkylation sites (tertiary alicyclic amines) is 1. The number of rotatable bonds is 5. The topological polar surface area (TPSA) is 35.6 Å². The first kappa shape index (κ1) is 23.9. The van der Waals surface area contributed by atoms with E-state index in [-0.39, 0.29) is 12.1 Å². The van der Waals surface area contributed by atoms with E-state index in [0.717, 1.165) is 55.9 Å². The zero-order valence-corrected chi connectivity index (χ0v) is 20.7.